The quantitative estimate of drug-likeness (QED) is 0.732. The van der Waals surface area contributed by atoms with Gasteiger partial charge in [0.1, 0.15) is 0 Å². The Bertz CT molecular complexity index is 235. The second-order valence-corrected chi connectivity index (χ2v) is 6.08. The first-order chi connectivity index (χ1) is 7.86. The van der Waals surface area contributed by atoms with Gasteiger partial charge in [-0.15, -0.1) is 0 Å². The number of aliphatic hydroxyl groups is 1. The van der Waals surface area contributed by atoms with E-state index in [1.165, 1.54) is 0 Å². The Kier molecular flexibility index (Phi) is 5.38. The van der Waals surface area contributed by atoms with Gasteiger partial charge in [0, 0.05) is 38.3 Å². The lowest BCUT2D eigenvalue weighted by atomic mass is 10.0. The molecule has 4 nitrogen and oxygen atoms in total. The van der Waals surface area contributed by atoms with Crippen molar-refractivity contribution in [1.82, 2.24) is 15.1 Å². The molecule has 17 heavy (non-hydrogen) atoms. The van der Waals surface area contributed by atoms with E-state index in [0.717, 1.165) is 26.2 Å². The molecule has 1 saturated heterocycles. The second-order valence-electron chi connectivity index (χ2n) is 6.08. The molecular weight excluding hydrogens is 214 g/mol. The van der Waals surface area contributed by atoms with Crippen LogP contribution in [0.15, 0.2) is 0 Å². The highest BCUT2D eigenvalue weighted by Crippen LogP contribution is 2.12. The maximum atomic E-state index is 9.58. The van der Waals surface area contributed by atoms with E-state index in [-0.39, 0.29) is 12.1 Å². The molecule has 1 aliphatic heterocycles. The summed E-state index contributed by atoms with van der Waals surface area (Å²) in [4.78, 5) is 4.85. The van der Waals surface area contributed by atoms with Gasteiger partial charge in [0.2, 0.25) is 0 Å². The van der Waals surface area contributed by atoms with Gasteiger partial charge in [-0.1, -0.05) is 13.8 Å². The monoisotopic (exact) mass is 243 g/mol. The molecule has 1 aliphatic rings. The van der Waals surface area contributed by atoms with Gasteiger partial charge >= 0.3 is 0 Å². The van der Waals surface area contributed by atoms with Crippen LogP contribution < -0.4 is 5.32 Å². The summed E-state index contributed by atoms with van der Waals surface area (Å²) in [5.41, 5.74) is -0.191. The van der Waals surface area contributed by atoms with Crippen LogP contribution in [0.25, 0.3) is 0 Å². The molecule has 102 valence electrons. The van der Waals surface area contributed by atoms with Gasteiger partial charge in [-0.05, 0) is 20.9 Å². The maximum Gasteiger partial charge on any atom is 0.0623 e. The summed E-state index contributed by atoms with van der Waals surface area (Å²) < 4.78 is 0. The topological polar surface area (TPSA) is 38.7 Å². The van der Waals surface area contributed by atoms with Crippen LogP contribution in [0.2, 0.25) is 0 Å². The van der Waals surface area contributed by atoms with E-state index in [9.17, 15) is 5.11 Å². The molecule has 0 saturated carbocycles. The fourth-order valence-corrected chi connectivity index (χ4v) is 2.60. The molecular formula is C13H29N3O. The van der Waals surface area contributed by atoms with Crippen LogP contribution in [-0.4, -0.2) is 72.4 Å². The summed E-state index contributed by atoms with van der Waals surface area (Å²) in [6.07, 6.45) is 0. The molecule has 2 atom stereocenters. The summed E-state index contributed by atoms with van der Waals surface area (Å²) in [6.45, 7) is 13.0. The van der Waals surface area contributed by atoms with Gasteiger partial charge in [-0.3, -0.25) is 4.90 Å². The van der Waals surface area contributed by atoms with E-state index in [4.69, 9.17) is 0 Å². The molecule has 2 N–H and O–H groups in total. The number of piperazine rings is 1. The Morgan fingerprint density at radius 3 is 2.53 bits per heavy atom. The molecule has 0 bridgehead atoms. The van der Waals surface area contributed by atoms with Crippen molar-refractivity contribution in [3.8, 4) is 0 Å². The van der Waals surface area contributed by atoms with Crippen LogP contribution >= 0.6 is 0 Å². The van der Waals surface area contributed by atoms with Gasteiger partial charge in [-0.25, -0.2) is 0 Å². The summed E-state index contributed by atoms with van der Waals surface area (Å²) in [7, 11) is 2.18. The van der Waals surface area contributed by atoms with Crippen molar-refractivity contribution in [1.29, 1.82) is 0 Å². The number of rotatable bonds is 5. The summed E-state index contributed by atoms with van der Waals surface area (Å²) in [6, 6.07) is 1.00. The average molecular weight is 243 g/mol. The SMILES string of the molecule is CC(C)NC(C)(CO)CN1CCN(C)C(C)C1. The van der Waals surface area contributed by atoms with Crippen LogP contribution in [0.3, 0.4) is 0 Å². The molecule has 0 aliphatic carbocycles. The van der Waals surface area contributed by atoms with Gasteiger partial charge < -0.3 is 15.3 Å². The standard InChI is InChI=1S/C13H29N3O/c1-11(2)14-13(4,10-17)9-16-7-6-15(5)12(3)8-16/h11-12,14,17H,6-10H2,1-5H3. The molecule has 0 aromatic rings. The van der Waals surface area contributed by atoms with Gasteiger partial charge in [0.05, 0.1) is 12.1 Å². The van der Waals surface area contributed by atoms with Crippen molar-refractivity contribution in [2.24, 2.45) is 0 Å². The van der Waals surface area contributed by atoms with E-state index in [0.29, 0.717) is 12.1 Å². The molecule has 1 heterocycles. The average Bonchev–Trinajstić information content (AvgIpc) is 2.22. The molecule has 1 fully saturated rings. The molecule has 2 unspecified atom stereocenters. The molecule has 4 heteroatoms. The lowest BCUT2D eigenvalue weighted by Gasteiger charge is -2.42. The van der Waals surface area contributed by atoms with E-state index >= 15 is 0 Å². The summed E-state index contributed by atoms with van der Waals surface area (Å²) in [5.74, 6) is 0. The minimum atomic E-state index is -0.191. The number of likely N-dealkylation sites (N-methyl/N-ethyl adjacent to an activating group) is 1. The zero-order valence-electron chi connectivity index (χ0n) is 12.0. The lowest BCUT2D eigenvalue weighted by Crippen LogP contribution is -2.60. The highest BCUT2D eigenvalue weighted by atomic mass is 16.3. The first-order valence-corrected chi connectivity index (χ1v) is 6.67. The second kappa shape index (κ2) is 6.14. The Morgan fingerprint density at radius 1 is 1.41 bits per heavy atom. The van der Waals surface area contributed by atoms with Crippen molar-refractivity contribution >= 4 is 0 Å². The van der Waals surface area contributed by atoms with Crippen molar-refractivity contribution in [2.75, 3.05) is 39.8 Å². The molecule has 1 rings (SSSR count). The molecule has 0 spiro atoms. The van der Waals surface area contributed by atoms with Crippen LogP contribution in [0.4, 0.5) is 0 Å². The first kappa shape index (κ1) is 14.9. The predicted octanol–water partition coefficient (Wildman–Crippen LogP) is 0.371. The highest BCUT2D eigenvalue weighted by molar-refractivity contribution is 4.90. The number of hydrogen-bond acceptors (Lipinski definition) is 4. The van der Waals surface area contributed by atoms with Crippen LogP contribution in [-0.2, 0) is 0 Å². The van der Waals surface area contributed by atoms with E-state index in [2.05, 4.69) is 49.9 Å². The third-order valence-electron chi connectivity index (χ3n) is 3.60. The van der Waals surface area contributed by atoms with Crippen molar-refractivity contribution in [2.45, 2.75) is 45.3 Å². The molecule has 0 amide bonds. The summed E-state index contributed by atoms with van der Waals surface area (Å²) in [5, 5.41) is 13.1. The predicted molar refractivity (Wildman–Crippen MR) is 72.3 cm³/mol. The Balaban J connectivity index is 2.51. The Labute approximate surface area is 106 Å². The Hall–Kier alpha value is -0.160. The number of nitrogens with zero attached hydrogens (tertiary/aromatic N) is 2. The third-order valence-corrected chi connectivity index (χ3v) is 3.60. The van der Waals surface area contributed by atoms with Gasteiger partial charge in [0.25, 0.3) is 0 Å². The van der Waals surface area contributed by atoms with Gasteiger partial charge in [-0.2, -0.15) is 0 Å². The lowest BCUT2D eigenvalue weighted by molar-refractivity contribution is 0.0592. The minimum absolute atomic E-state index is 0.186. The largest absolute Gasteiger partial charge is 0.394 e. The molecule has 0 aromatic carbocycles. The highest BCUT2D eigenvalue weighted by Gasteiger charge is 2.29. The van der Waals surface area contributed by atoms with E-state index < -0.39 is 0 Å². The van der Waals surface area contributed by atoms with Crippen molar-refractivity contribution in [3.05, 3.63) is 0 Å². The van der Waals surface area contributed by atoms with Crippen molar-refractivity contribution in [3.63, 3.8) is 0 Å². The Morgan fingerprint density at radius 2 is 2.06 bits per heavy atom. The molecule has 0 aromatic heterocycles. The number of aliphatic hydroxyl groups excluding tert-OH is 1. The zero-order valence-corrected chi connectivity index (χ0v) is 12.0. The smallest absolute Gasteiger partial charge is 0.0623 e. The molecule has 0 radical (unpaired) electrons. The first-order valence-electron chi connectivity index (χ1n) is 6.67. The third kappa shape index (κ3) is 4.54. The maximum absolute atomic E-state index is 9.58. The minimum Gasteiger partial charge on any atom is -0.394 e. The van der Waals surface area contributed by atoms with Crippen LogP contribution in [0.5, 0.6) is 0 Å². The fraction of sp³-hybridized carbons (Fsp3) is 1.00. The van der Waals surface area contributed by atoms with E-state index in [1.54, 1.807) is 0 Å². The van der Waals surface area contributed by atoms with Crippen LogP contribution in [0.1, 0.15) is 27.7 Å². The normalized spacial score (nSPS) is 27.4. The zero-order chi connectivity index (χ0) is 13.1. The van der Waals surface area contributed by atoms with Crippen LogP contribution in [0, 0.1) is 0 Å². The summed E-state index contributed by atoms with van der Waals surface area (Å²) >= 11 is 0. The van der Waals surface area contributed by atoms with Gasteiger partial charge in [0.15, 0.2) is 0 Å². The van der Waals surface area contributed by atoms with Crippen molar-refractivity contribution < 1.29 is 5.11 Å². The number of nitrogens with one attached hydrogen (secondary N) is 1. The van der Waals surface area contributed by atoms with E-state index in [1.807, 2.05) is 0 Å². The fourth-order valence-electron chi connectivity index (χ4n) is 2.60. The number of hydrogen-bond donors (Lipinski definition) is 2.